The zero-order valence-electron chi connectivity index (χ0n) is 15.6. The Morgan fingerprint density at radius 1 is 1.04 bits per heavy atom. The van der Waals surface area contributed by atoms with Gasteiger partial charge in [0.15, 0.2) is 6.20 Å². The van der Waals surface area contributed by atoms with Crippen LogP contribution in [0.15, 0.2) is 60.8 Å². The molecule has 0 atom stereocenters. The van der Waals surface area contributed by atoms with E-state index < -0.39 is 12.2 Å². The van der Waals surface area contributed by atoms with Gasteiger partial charge in [0.2, 0.25) is 5.69 Å². The van der Waals surface area contributed by atoms with Gasteiger partial charge in [-0.05, 0) is 53.7 Å². The van der Waals surface area contributed by atoms with Crippen LogP contribution in [0.4, 0.5) is 4.39 Å². The van der Waals surface area contributed by atoms with Gasteiger partial charge in [-0.3, -0.25) is 0 Å². The van der Waals surface area contributed by atoms with Crippen LogP contribution in [0.2, 0.25) is 0 Å². The summed E-state index contributed by atoms with van der Waals surface area (Å²) in [4.78, 5) is 0. The minimum atomic E-state index is -1.72. The lowest BCUT2D eigenvalue weighted by molar-refractivity contribution is -0.660. The van der Waals surface area contributed by atoms with Gasteiger partial charge in [0.1, 0.15) is 12.9 Å². The van der Waals surface area contributed by atoms with E-state index in [0.717, 1.165) is 22.4 Å². The highest BCUT2D eigenvalue weighted by molar-refractivity contribution is 5.70. The zero-order chi connectivity index (χ0) is 18.2. The van der Waals surface area contributed by atoms with E-state index in [1.165, 1.54) is 18.6 Å². The Balaban J connectivity index is 2.14. The molecule has 2 aromatic carbocycles. The molecule has 2 heteroatoms. The lowest BCUT2D eigenvalue weighted by Crippen LogP contribution is -2.30. The molecule has 1 heterocycles. The average molecular weight is 308 g/mol. The molecule has 23 heavy (non-hydrogen) atoms. The molecule has 1 aromatic heterocycles. The molecule has 3 aromatic rings. The Labute approximate surface area is 139 Å². The fourth-order valence-electron chi connectivity index (χ4n) is 2.77. The summed E-state index contributed by atoms with van der Waals surface area (Å²) in [5.41, 5.74) is 5.19. The van der Waals surface area contributed by atoms with Crippen LogP contribution >= 0.6 is 0 Å². The molecule has 116 valence electrons. The van der Waals surface area contributed by atoms with Crippen molar-refractivity contribution < 1.29 is 11.7 Å². The Morgan fingerprint density at radius 3 is 2.52 bits per heavy atom. The topological polar surface area (TPSA) is 3.88 Å². The van der Waals surface area contributed by atoms with Crippen molar-refractivity contribution in [2.75, 3.05) is 0 Å². The minimum absolute atomic E-state index is 0.0793. The van der Waals surface area contributed by atoms with Crippen molar-refractivity contribution in [1.82, 2.24) is 0 Å². The van der Waals surface area contributed by atoms with Gasteiger partial charge >= 0.3 is 0 Å². The summed E-state index contributed by atoms with van der Waals surface area (Å²) in [5.74, 6) is -0.517. The summed E-state index contributed by atoms with van der Waals surface area (Å²) in [6.45, 7) is 3.45. The summed E-state index contributed by atoms with van der Waals surface area (Å²) in [6, 6.07) is 16.8. The third kappa shape index (κ3) is 3.02. The first-order valence-electron chi connectivity index (χ1n) is 8.63. The molecular weight excluding hydrogens is 285 g/mol. The SMILES string of the molecule is [2H]C([2H])(C)c1cc(-c2cc[n+](C)c(-c3ccccc3C)c2)ccc1F. The number of aromatic nitrogens is 1. The van der Waals surface area contributed by atoms with E-state index in [1.807, 2.05) is 31.4 Å². The molecule has 0 spiro atoms. The normalized spacial score (nSPS) is 12.7. The van der Waals surface area contributed by atoms with Gasteiger partial charge in [0, 0.05) is 20.4 Å². The second kappa shape index (κ2) is 6.33. The number of aryl methyl sites for hydroxylation is 3. The van der Waals surface area contributed by atoms with Crippen molar-refractivity contribution in [3.63, 3.8) is 0 Å². The third-order valence-corrected chi connectivity index (χ3v) is 4.14. The summed E-state index contributed by atoms with van der Waals surface area (Å²) in [7, 11) is 1.99. The average Bonchev–Trinajstić information content (AvgIpc) is 2.55. The van der Waals surface area contributed by atoms with Crippen LogP contribution in [0.3, 0.4) is 0 Å². The van der Waals surface area contributed by atoms with Gasteiger partial charge in [0.05, 0.1) is 0 Å². The second-order valence-electron chi connectivity index (χ2n) is 5.67. The fourth-order valence-corrected chi connectivity index (χ4v) is 2.77. The first kappa shape index (κ1) is 13.0. The Kier molecular flexibility index (Phi) is 3.58. The quantitative estimate of drug-likeness (QED) is 0.609. The van der Waals surface area contributed by atoms with Crippen LogP contribution in [0.25, 0.3) is 22.4 Å². The number of nitrogens with zero attached hydrogens (tertiary/aromatic N) is 1. The van der Waals surface area contributed by atoms with Gasteiger partial charge in [-0.1, -0.05) is 31.2 Å². The molecule has 0 aliphatic rings. The molecular formula is C21H21FN+. The van der Waals surface area contributed by atoms with E-state index in [1.54, 1.807) is 12.1 Å². The summed E-state index contributed by atoms with van der Waals surface area (Å²) in [5, 5.41) is 0. The maximum absolute atomic E-state index is 14.0. The molecule has 0 saturated heterocycles. The maximum Gasteiger partial charge on any atom is 0.213 e. The monoisotopic (exact) mass is 308 g/mol. The Bertz CT molecular complexity index is 929. The van der Waals surface area contributed by atoms with Crippen molar-refractivity contribution in [3.05, 3.63) is 77.7 Å². The van der Waals surface area contributed by atoms with E-state index in [2.05, 4.69) is 29.7 Å². The lowest BCUT2D eigenvalue weighted by Gasteiger charge is -2.08. The van der Waals surface area contributed by atoms with Gasteiger partial charge in [-0.25, -0.2) is 8.96 Å². The summed E-state index contributed by atoms with van der Waals surface area (Å²) in [6.07, 6.45) is 0.249. The predicted molar refractivity (Wildman–Crippen MR) is 92.6 cm³/mol. The van der Waals surface area contributed by atoms with Crippen molar-refractivity contribution >= 4 is 0 Å². The number of halogens is 1. The molecule has 3 rings (SSSR count). The van der Waals surface area contributed by atoms with Crippen LogP contribution in [0, 0.1) is 12.7 Å². The number of rotatable bonds is 3. The summed E-state index contributed by atoms with van der Waals surface area (Å²) >= 11 is 0. The van der Waals surface area contributed by atoms with Crippen molar-refractivity contribution in [1.29, 1.82) is 0 Å². The lowest BCUT2D eigenvalue weighted by atomic mass is 9.99. The molecule has 0 unspecified atom stereocenters. The molecule has 0 bridgehead atoms. The minimum Gasteiger partial charge on any atom is -0.207 e. The second-order valence-corrected chi connectivity index (χ2v) is 5.67. The van der Waals surface area contributed by atoms with Gasteiger partial charge in [0.25, 0.3) is 0 Å². The van der Waals surface area contributed by atoms with Crippen LogP contribution < -0.4 is 4.57 Å². The van der Waals surface area contributed by atoms with Crippen LogP contribution in [-0.2, 0) is 13.4 Å². The third-order valence-electron chi connectivity index (χ3n) is 4.14. The van der Waals surface area contributed by atoms with Crippen LogP contribution in [0.1, 0.15) is 20.8 Å². The largest absolute Gasteiger partial charge is 0.213 e. The number of pyridine rings is 1. The molecule has 0 saturated carbocycles. The highest BCUT2D eigenvalue weighted by atomic mass is 19.1. The maximum atomic E-state index is 14.0. The molecule has 0 N–H and O–H groups in total. The van der Waals surface area contributed by atoms with Crippen molar-refractivity contribution in [2.24, 2.45) is 7.05 Å². The molecule has 0 radical (unpaired) electrons. The predicted octanol–water partition coefficient (Wildman–Crippen LogP) is 4.86. The van der Waals surface area contributed by atoms with Gasteiger partial charge in [-0.15, -0.1) is 0 Å². The first-order chi connectivity index (χ1) is 11.8. The van der Waals surface area contributed by atoms with E-state index in [0.29, 0.717) is 0 Å². The highest BCUT2D eigenvalue weighted by Crippen LogP contribution is 2.27. The first-order valence-corrected chi connectivity index (χ1v) is 7.63. The van der Waals surface area contributed by atoms with E-state index in [9.17, 15) is 4.39 Å². The van der Waals surface area contributed by atoms with Crippen molar-refractivity contribution in [2.45, 2.75) is 20.2 Å². The van der Waals surface area contributed by atoms with Crippen molar-refractivity contribution in [3.8, 4) is 22.4 Å². The van der Waals surface area contributed by atoms with Crippen LogP contribution in [0.5, 0.6) is 0 Å². The standard InChI is InChI=1S/C21H21FN/c1-4-16-13-17(9-10-20(16)22)18-11-12-23(3)21(14-18)19-8-6-5-7-15(19)2/h5-14H,4H2,1-3H3/q+1/i4D2. The summed E-state index contributed by atoms with van der Waals surface area (Å²) < 4.78 is 31.7. The van der Waals surface area contributed by atoms with Crippen LogP contribution in [-0.4, -0.2) is 0 Å². The highest BCUT2D eigenvalue weighted by Gasteiger charge is 2.14. The number of benzene rings is 2. The van der Waals surface area contributed by atoms with Gasteiger partial charge in [-0.2, -0.15) is 0 Å². The molecule has 0 fully saturated rings. The zero-order valence-corrected chi connectivity index (χ0v) is 13.6. The number of hydrogen-bond acceptors (Lipinski definition) is 0. The van der Waals surface area contributed by atoms with Gasteiger partial charge < -0.3 is 0 Å². The van der Waals surface area contributed by atoms with E-state index in [4.69, 9.17) is 2.74 Å². The molecule has 0 amide bonds. The molecule has 0 aliphatic heterocycles. The molecule has 1 nitrogen and oxygen atoms in total. The smallest absolute Gasteiger partial charge is 0.207 e. The van der Waals surface area contributed by atoms with E-state index >= 15 is 0 Å². The Hall–Kier alpha value is -2.48. The fraction of sp³-hybridized carbons (Fsp3) is 0.190. The number of hydrogen-bond donors (Lipinski definition) is 0. The Morgan fingerprint density at radius 2 is 1.78 bits per heavy atom. The van der Waals surface area contributed by atoms with E-state index in [-0.39, 0.29) is 5.56 Å². The molecule has 0 aliphatic carbocycles.